The fourth-order valence-corrected chi connectivity index (χ4v) is 2.84. The standard InChI is InChI=1S/C12H19NO5/c1-11(2)15-6-8(17-11)9-10-7(5-13(9)14)16-12(3,4)18-10/h5,7-10H,6H2,1-4H3/t7-,8?,9+,10-/m1/s1. The highest BCUT2D eigenvalue weighted by Gasteiger charge is 2.58. The zero-order valence-electron chi connectivity index (χ0n) is 11.1. The number of hydroxylamine groups is 1. The molecule has 6 nitrogen and oxygen atoms in total. The van der Waals surface area contributed by atoms with E-state index in [4.69, 9.17) is 18.9 Å². The maximum Gasteiger partial charge on any atom is 0.220 e. The summed E-state index contributed by atoms with van der Waals surface area (Å²) in [4.78, 5) is 0. The first kappa shape index (κ1) is 12.3. The molecule has 2 saturated heterocycles. The normalized spacial score (nSPS) is 45.0. The van der Waals surface area contributed by atoms with Crippen molar-refractivity contribution >= 4 is 6.21 Å². The number of rotatable bonds is 1. The van der Waals surface area contributed by atoms with Gasteiger partial charge >= 0.3 is 0 Å². The Morgan fingerprint density at radius 2 is 1.83 bits per heavy atom. The second-order valence-corrected chi connectivity index (χ2v) is 5.93. The third kappa shape index (κ3) is 1.93. The molecule has 0 aromatic carbocycles. The molecule has 0 aromatic heterocycles. The summed E-state index contributed by atoms with van der Waals surface area (Å²) in [7, 11) is 0. The van der Waals surface area contributed by atoms with Gasteiger partial charge in [0.05, 0.1) is 6.61 Å². The topological polar surface area (TPSA) is 63.0 Å². The first-order valence-corrected chi connectivity index (χ1v) is 6.25. The minimum Gasteiger partial charge on any atom is -0.624 e. The van der Waals surface area contributed by atoms with E-state index < -0.39 is 17.6 Å². The van der Waals surface area contributed by atoms with Crippen LogP contribution in [0.1, 0.15) is 27.7 Å². The van der Waals surface area contributed by atoms with Crippen molar-refractivity contribution in [3.63, 3.8) is 0 Å². The molecule has 0 saturated carbocycles. The van der Waals surface area contributed by atoms with Crippen molar-refractivity contribution in [2.24, 2.45) is 0 Å². The number of hydrogen-bond acceptors (Lipinski definition) is 5. The van der Waals surface area contributed by atoms with Crippen LogP contribution in [-0.4, -0.2) is 53.5 Å². The van der Waals surface area contributed by atoms with E-state index in [0.29, 0.717) is 6.61 Å². The van der Waals surface area contributed by atoms with E-state index in [1.807, 2.05) is 27.7 Å². The molecule has 3 rings (SSSR count). The highest BCUT2D eigenvalue weighted by atomic mass is 16.8. The van der Waals surface area contributed by atoms with Crippen molar-refractivity contribution in [1.82, 2.24) is 0 Å². The number of hydrogen-bond donors (Lipinski definition) is 0. The van der Waals surface area contributed by atoms with Crippen molar-refractivity contribution < 1.29 is 23.7 Å². The average molecular weight is 257 g/mol. The maximum atomic E-state index is 12.0. The van der Waals surface area contributed by atoms with Gasteiger partial charge in [-0.1, -0.05) is 0 Å². The van der Waals surface area contributed by atoms with Crippen molar-refractivity contribution in [2.45, 2.75) is 63.6 Å². The van der Waals surface area contributed by atoms with Gasteiger partial charge in [0.15, 0.2) is 30.0 Å². The van der Waals surface area contributed by atoms with Crippen molar-refractivity contribution in [3.05, 3.63) is 5.21 Å². The van der Waals surface area contributed by atoms with Gasteiger partial charge < -0.3 is 24.2 Å². The third-order valence-electron chi connectivity index (χ3n) is 3.50. The molecule has 1 unspecified atom stereocenters. The second-order valence-electron chi connectivity index (χ2n) is 5.93. The van der Waals surface area contributed by atoms with Crippen molar-refractivity contribution in [1.29, 1.82) is 0 Å². The van der Waals surface area contributed by atoms with Crippen LogP contribution in [0.3, 0.4) is 0 Å². The molecule has 0 spiro atoms. The summed E-state index contributed by atoms with van der Waals surface area (Å²) >= 11 is 0. The molecule has 6 heteroatoms. The monoisotopic (exact) mass is 257 g/mol. The van der Waals surface area contributed by atoms with E-state index >= 15 is 0 Å². The minimum atomic E-state index is -0.652. The summed E-state index contributed by atoms with van der Waals surface area (Å²) in [5, 5.41) is 12.0. The molecular formula is C12H19NO5. The molecule has 3 heterocycles. The smallest absolute Gasteiger partial charge is 0.220 e. The van der Waals surface area contributed by atoms with Gasteiger partial charge in [0.1, 0.15) is 6.10 Å². The predicted molar refractivity (Wildman–Crippen MR) is 62.2 cm³/mol. The Morgan fingerprint density at radius 3 is 2.44 bits per heavy atom. The van der Waals surface area contributed by atoms with Gasteiger partial charge in [-0.15, -0.1) is 0 Å². The Balaban J connectivity index is 1.79. The van der Waals surface area contributed by atoms with Crippen LogP contribution < -0.4 is 0 Å². The van der Waals surface area contributed by atoms with Crippen molar-refractivity contribution in [2.75, 3.05) is 6.61 Å². The lowest BCUT2D eigenvalue weighted by molar-refractivity contribution is -0.514. The molecular weight excluding hydrogens is 238 g/mol. The molecule has 18 heavy (non-hydrogen) atoms. The van der Waals surface area contributed by atoms with Crippen LogP contribution in [-0.2, 0) is 18.9 Å². The van der Waals surface area contributed by atoms with Crippen LogP contribution in [0.25, 0.3) is 0 Å². The molecule has 0 bridgehead atoms. The lowest BCUT2D eigenvalue weighted by Gasteiger charge is -2.25. The summed E-state index contributed by atoms with van der Waals surface area (Å²) < 4.78 is 23.6. The Morgan fingerprint density at radius 1 is 1.11 bits per heavy atom. The van der Waals surface area contributed by atoms with Crippen LogP contribution in [0.2, 0.25) is 0 Å². The summed E-state index contributed by atoms with van der Waals surface area (Å²) in [6.07, 6.45) is 0.648. The number of fused-ring (bicyclic) bond motifs is 1. The molecule has 0 aliphatic carbocycles. The molecule has 2 fully saturated rings. The van der Waals surface area contributed by atoms with Gasteiger partial charge in [-0.3, -0.25) is 0 Å². The zero-order valence-corrected chi connectivity index (χ0v) is 11.1. The van der Waals surface area contributed by atoms with Crippen LogP contribution in [0.4, 0.5) is 0 Å². The van der Waals surface area contributed by atoms with Crippen LogP contribution in [0, 0.1) is 5.21 Å². The fourth-order valence-electron chi connectivity index (χ4n) is 2.84. The summed E-state index contributed by atoms with van der Waals surface area (Å²) in [5.41, 5.74) is 0. The average Bonchev–Trinajstić information content (AvgIpc) is 2.75. The lowest BCUT2D eigenvalue weighted by atomic mass is 10.1. The third-order valence-corrected chi connectivity index (χ3v) is 3.50. The molecule has 3 aliphatic rings. The lowest BCUT2D eigenvalue weighted by Crippen LogP contribution is -2.45. The van der Waals surface area contributed by atoms with Gasteiger partial charge in [-0.25, -0.2) is 4.74 Å². The van der Waals surface area contributed by atoms with E-state index in [1.165, 1.54) is 6.21 Å². The van der Waals surface area contributed by atoms with Gasteiger partial charge in [-0.2, -0.15) is 0 Å². The Hall–Kier alpha value is -0.690. The van der Waals surface area contributed by atoms with E-state index in [1.54, 1.807) is 0 Å². The quantitative estimate of drug-likeness (QED) is 0.509. The highest BCUT2D eigenvalue weighted by molar-refractivity contribution is 5.62. The second kappa shape index (κ2) is 3.66. The Bertz CT molecular complexity index is 392. The molecule has 0 aromatic rings. The number of nitrogens with zero attached hydrogens (tertiary/aromatic N) is 1. The van der Waals surface area contributed by atoms with Crippen molar-refractivity contribution in [3.8, 4) is 0 Å². The van der Waals surface area contributed by atoms with Gasteiger partial charge in [-0.05, 0) is 27.7 Å². The minimum absolute atomic E-state index is 0.291. The summed E-state index contributed by atoms with van der Waals surface area (Å²) in [5.74, 6) is -1.29. The molecule has 4 atom stereocenters. The molecule has 0 radical (unpaired) electrons. The van der Waals surface area contributed by atoms with E-state index in [-0.39, 0.29) is 18.3 Å². The molecule has 0 amide bonds. The fraction of sp³-hybridized carbons (Fsp3) is 0.917. The van der Waals surface area contributed by atoms with Gasteiger partial charge in [0.25, 0.3) is 0 Å². The molecule has 3 aliphatic heterocycles. The van der Waals surface area contributed by atoms with Gasteiger partial charge in [0, 0.05) is 0 Å². The zero-order chi connectivity index (χ0) is 13.1. The molecule has 102 valence electrons. The summed E-state index contributed by atoms with van der Waals surface area (Å²) in [6, 6.07) is -0.404. The van der Waals surface area contributed by atoms with Crippen LogP contribution >= 0.6 is 0 Å². The summed E-state index contributed by atoms with van der Waals surface area (Å²) in [6.45, 7) is 7.78. The SMILES string of the molecule is CC1(C)OCC([C@H]2[C@@H]3OC(C)(C)O[C@@H]3C=[N+]2[O-])O1. The van der Waals surface area contributed by atoms with Crippen LogP contribution in [0.5, 0.6) is 0 Å². The highest BCUT2D eigenvalue weighted by Crippen LogP contribution is 2.37. The number of ether oxygens (including phenoxy) is 4. The first-order valence-electron chi connectivity index (χ1n) is 6.25. The predicted octanol–water partition coefficient (Wildman–Crippen LogP) is 0.621. The Labute approximate surface area is 106 Å². The molecule has 0 N–H and O–H groups in total. The van der Waals surface area contributed by atoms with Crippen LogP contribution in [0.15, 0.2) is 0 Å². The largest absolute Gasteiger partial charge is 0.624 e. The van der Waals surface area contributed by atoms with E-state index in [9.17, 15) is 5.21 Å². The van der Waals surface area contributed by atoms with E-state index in [0.717, 1.165) is 4.74 Å². The first-order chi connectivity index (χ1) is 8.27. The Kier molecular flexibility index (Phi) is 2.51. The maximum absolute atomic E-state index is 12.0. The van der Waals surface area contributed by atoms with Gasteiger partial charge in [0.2, 0.25) is 6.04 Å². The van der Waals surface area contributed by atoms with E-state index in [2.05, 4.69) is 0 Å².